The molecule has 3 aromatic rings. The minimum Gasteiger partial charge on any atom is -0.493 e. The monoisotopic (exact) mass is 396 g/mol. The summed E-state index contributed by atoms with van der Waals surface area (Å²) < 4.78 is 12.4. The summed E-state index contributed by atoms with van der Waals surface area (Å²) in [5.41, 5.74) is 1.25. The lowest BCUT2D eigenvalue weighted by Gasteiger charge is -2.33. The second kappa shape index (κ2) is 7.94. The van der Waals surface area contributed by atoms with E-state index in [0.717, 1.165) is 42.7 Å². The number of amides is 1. The Bertz CT molecular complexity index is 1030. The van der Waals surface area contributed by atoms with E-state index in [-0.39, 0.29) is 11.9 Å². The van der Waals surface area contributed by atoms with Gasteiger partial charge in [-0.2, -0.15) is 5.10 Å². The quantitative estimate of drug-likeness (QED) is 0.702. The summed E-state index contributed by atoms with van der Waals surface area (Å²) in [5, 5.41) is 8.16. The highest BCUT2D eigenvalue weighted by atomic mass is 16.5. The van der Waals surface area contributed by atoms with E-state index in [1.54, 1.807) is 44.5 Å². The van der Waals surface area contributed by atoms with E-state index in [1.165, 1.54) is 0 Å². The molecule has 0 aliphatic carbocycles. The van der Waals surface area contributed by atoms with E-state index in [9.17, 15) is 4.79 Å². The van der Waals surface area contributed by atoms with Crippen LogP contribution in [-0.4, -0.2) is 59.0 Å². The molecule has 3 heterocycles. The SMILES string of the molecule is COc1cc2ncnc(N3CCC(NC(=O)c4ccn(C)n4)CC3)c2cc1OC. The van der Waals surface area contributed by atoms with Crippen molar-refractivity contribution >= 4 is 22.6 Å². The number of benzene rings is 1. The Morgan fingerprint density at radius 1 is 1.14 bits per heavy atom. The molecule has 1 aromatic carbocycles. The zero-order valence-electron chi connectivity index (χ0n) is 16.8. The van der Waals surface area contributed by atoms with Crippen LogP contribution in [0.2, 0.25) is 0 Å². The number of carbonyl (C=O) groups excluding carboxylic acids is 1. The Kier molecular flexibility index (Phi) is 5.20. The average Bonchev–Trinajstić information content (AvgIpc) is 3.19. The van der Waals surface area contributed by atoms with Gasteiger partial charge in [-0.25, -0.2) is 9.97 Å². The number of nitrogens with one attached hydrogen (secondary N) is 1. The summed E-state index contributed by atoms with van der Waals surface area (Å²) in [6.07, 6.45) is 4.99. The topological polar surface area (TPSA) is 94.4 Å². The van der Waals surface area contributed by atoms with Crippen molar-refractivity contribution in [1.29, 1.82) is 0 Å². The van der Waals surface area contributed by atoms with Gasteiger partial charge in [0.15, 0.2) is 11.5 Å². The predicted molar refractivity (Wildman–Crippen MR) is 109 cm³/mol. The van der Waals surface area contributed by atoms with Gasteiger partial charge in [0.25, 0.3) is 5.91 Å². The van der Waals surface area contributed by atoms with Crippen molar-refractivity contribution in [2.75, 3.05) is 32.2 Å². The highest BCUT2D eigenvalue weighted by molar-refractivity contribution is 5.93. The maximum absolute atomic E-state index is 12.3. The van der Waals surface area contributed by atoms with Crippen LogP contribution in [0.1, 0.15) is 23.3 Å². The van der Waals surface area contributed by atoms with E-state index < -0.39 is 0 Å². The maximum Gasteiger partial charge on any atom is 0.271 e. The van der Waals surface area contributed by atoms with Crippen molar-refractivity contribution in [1.82, 2.24) is 25.1 Å². The number of carbonyl (C=O) groups is 1. The van der Waals surface area contributed by atoms with Crippen molar-refractivity contribution in [2.45, 2.75) is 18.9 Å². The first kappa shape index (κ1) is 19.0. The van der Waals surface area contributed by atoms with Gasteiger partial charge >= 0.3 is 0 Å². The summed E-state index contributed by atoms with van der Waals surface area (Å²) in [4.78, 5) is 23.4. The molecule has 0 spiro atoms. The first-order valence-corrected chi connectivity index (χ1v) is 9.51. The number of aryl methyl sites for hydroxylation is 1. The van der Waals surface area contributed by atoms with Gasteiger partial charge in [-0.3, -0.25) is 9.48 Å². The maximum atomic E-state index is 12.3. The van der Waals surface area contributed by atoms with Crippen LogP contribution >= 0.6 is 0 Å². The van der Waals surface area contributed by atoms with Gasteiger partial charge in [0.1, 0.15) is 17.8 Å². The average molecular weight is 396 g/mol. The zero-order chi connectivity index (χ0) is 20.4. The third-order valence-electron chi connectivity index (χ3n) is 5.20. The lowest BCUT2D eigenvalue weighted by atomic mass is 10.0. The molecule has 0 unspecified atom stereocenters. The molecule has 1 amide bonds. The molecule has 152 valence electrons. The van der Waals surface area contributed by atoms with Gasteiger partial charge in [-0.15, -0.1) is 0 Å². The molecule has 0 atom stereocenters. The fraction of sp³-hybridized carbons (Fsp3) is 0.400. The first-order valence-electron chi connectivity index (χ1n) is 9.51. The van der Waals surface area contributed by atoms with E-state index in [1.807, 2.05) is 12.1 Å². The van der Waals surface area contributed by atoms with Gasteiger partial charge in [0.2, 0.25) is 0 Å². The van der Waals surface area contributed by atoms with Crippen LogP contribution in [0.5, 0.6) is 11.5 Å². The molecule has 1 aliphatic rings. The Hall–Kier alpha value is -3.36. The van der Waals surface area contributed by atoms with Crippen LogP contribution in [0.4, 0.5) is 5.82 Å². The lowest BCUT2D eigenvalue weighted by molar-refractivity contribution is 0.0925. The van der Waals surface area contributed by atoms with Gasteiger partial charge < -0.3 is 19.7 Å². The molecule has 29 heavy (non-hydrogen) atoms. The van der Waals surface area contributed by atoms with Crippen molar-refractivity contribution in [2.24, 2.45) is 7.05 Å². The fourth-order valence-electron chi connectivity index (χ4n) is 3.65. The molecular formula is C20H24N6O3. The minimum absolute atomic E-state index is 0.114. The Labute approximate surface area is 168 Å². The number of methoxy groups -OCH3 is 2. The predicted octanol–water partition coefficient (Wildman–Crippen LogP) is 1.78. The Morgan fingerprint density at radius 3 is 2.52 bits per heavy atom. The highest BCUT2D eigenvalue weighted by Gasteiger charge is 2.24. The zero-order valence-corrected chi connectivity index (χ0v) is 16.8. The molecule has 2 aromatic heterocycles. The number of piperidine rings is 1. The highest BCUT2D eigenvalue weighted by Crippen LogP contribution is 2.35. The molecule has 9 heteroatoms. The van der Waals surface area contributed by atoms with Gasteiger partial charge in [-0.05, 0) is 25.0 Å². The number of rotatable bonds is 5. The van der Waals surface area contributed by atoms with E-state index >= 15 is 0 Å². The van der Waals surface area contributed by atoms with E-state index in [4.69, 9.17) is 9.47 Å². The lowest BCUT2D eigenvalue weighted by Crippen LogP contribution is -2.45. The Balaban J connectivity index is 1.48. The molecule has 4 rings (SSSR count). The molecule has 1 fully saturated rings. The van der Waals surface area contributed by atoms with Gasteiger partial charge in [-0.1, -0.05) is 0 Å². The molecule has 1 saturated heterocycles. The molecule has 1 N–H and O–H groups in total. The fourth-order valence-corrected chi connectivity index (χ4v) is 3.65. The number of aromatic nitrogens is 4. The van der Waals surface area contributed by atoms with E-state index in [2.05, 4.69) is 25.3 Å². The van der Waals surface area contributed by atoms with Crippen molar-refractivity contribution in [3.63, 3.8) is 0 Å². The van der Waals surface area contributed by atoms with Crippen LogP contribution in [0.3, 0.4) is 0 Å². The van der Waals surface area contributed by atoms with Crippen LogP contribution in [-0.2, 0) is 7.05 Å². The van der Waals surface area contributed by atoms with Crippen LogP contribution in [0, 0.1) is 0 Å². The number of anilines is 1. The smallest absolute Gasteiger partial charge is 0.271 e. The molecule has 0 saturated carbocycles. The van der Waals surface area contributed by atoms with Crippen LogP contribution in [0.15, 0.2) is 30.7 Å². The molecular weight excluding hydrogens is 372 g/mol. The molecule has 1 aliphatic heterocycles. The van der Waals surface area contributed by atoms with E-state index in [0.29, 0.717) is 17.2 Å². The number of fused-ring (bicyclic) bond motifs is 1. The minimum atomic E-state index is -0.131. The summed E-state index contributed by atoms with van der Waals surface area (Å²) in [5.74, 6) is 2.02. The first-order chi connectivity index (χ1) is 14.1. The van der Waals surface area contributed by atoms with Gasteiger partial charge in [0.05, 0.1) is 19.7 Å². The van der Waals surface area contributed by atoms with Crippen molar-refractivity contribution in [3.05, 3.63) is 36.4 Å². The summed E-state index contributed by atoms with van der Waals surface area (Å²) in [6.45, 7) is 1.57. The van der Waals surface area contributed by atoms with Crippen molar-refractivity contribution in [3.8, 4) is 11.5 Å². The third kappa shape index (κ3) is 3.80. The van der Waals surface area contributed by atoms with Gasteiger partial charge in [0, 0.05) is 43.8 Å². The van der Waals surface area contributed by atoms with Crippen LogP contribution < -0.4 is 19.7 Å². The molecule has 9 nitrogen and oxygen atoms in total. The number of hydrogen-bond acceptors (Lipinski definition) is 7. The number of hydrogen-bond donors (Lipinski definition) is 1. The number of nitrogens with zero attached hydrogens (tertiary/aromatic N) is 5. The third-order valence-corrected chi connectivity index (χ3v) is 5.20. The Morgan fingerprint density at radius 2 is 1.86 bits per heavy atom. The second-order valence-corrected chi connectivity index (χ2v) is 7.03. The van der Waals surface area contributed by atoms with Crippen molar-refractivity contribution < 1.29 is 14.3 Å². The standard InChI is InChI=1S/C20H24N6O3/c1-25-7-6-15(24-25)20(27)23-13-4-8-26(9-5-13)19-14-10-17(28-2)18(29-3)11-16(14)21-12-22-19/h6-7,10-13H,4-5,8-9H2,1-3H3,(H,23,27). The molecule has 0 bridgehead atoms. The second-order valence-electron chi connectivity index (χ2n) is 7.03. The normalized spacial score (nSPS) is 14.8. The largest absolute Gasteiger partial charge is 0.493 e. The molecule has 0 radical (unpaired) electrons. The summed E-state index contributed by atoms with van der Waals surface area (Å²) >= 11 is 0. The summed E-state index contributed by atoms with van der Waals surface area (Å²) in [6, 6.07) is 5.61. The number of ether oxygens (including phenoxy) is 2. The summed E-state index contributed by atoms with van der Waals surface area (Å²) in [7, 11) is 5.02. The van der Waals surface area contributed by atoms with Crippen LogP contribution in [0.25, 0.3) is 10.9 Å².